The maximum absolute atomic E-state index is 11.0. The SMILES string of the molecule is CCc1ccccc1NCc1ccc(Cl)cc1[N+](=O)[O-]. The van der Waals surface area contributed by atoms with Crippen LogP contribution in [0.5, 0.6) is 0 Å². The van der Waals surface area contributed by atoms with E-state index in [1.807, 2.05) is 24.3 Å². The monoisotopic (exact) mass is 290 g/mol. The summed E-state index contributed by atoms with van der Waals surface area (Å²) in [5.74, 6) is 0. The largest absolute Gasteiger partial charge is 0.380 e. The number of rotatable bonds is 5. The van der Waals surface area contributed by atoms with Gasteiger partial charge < -0.3 is 5.32 Å². The van der Waals surface area contributed by atoms with Crippen LogP contribution < -0.4 is 5.32 Å². The molecule has 2 rings (SSSR count). The Morgan fingerprint density at radius 1 is 1.20 bits per heavy atom. The van der Waals surface area contributed by atoms with Gasteiger partial charge in [0.1, 0.15) is 0 Å². The molecule has 0 radical (unpaired) electrons. The molecule has 0 saturated carbocycles. The summed E-state index contributed by atoms with van der Waals surface area (Å²) >= 11 is 5.80. The maximum atomic E-state index is 11.0. The van der Waals surface area contributed by atoms with Gasteiger partial charge in [-0.1, -0.05) is 36.7 Å². The van der Waals surface area contributed by atoms with Crippen LogP contribution in [0.15, 0.2) is 42.5 Å². The van der Waals surface area contributed by atoms with Gasteiger partial charge in [-0.3, -0.25) is 10.1 Å². The van der Waals surface area contributed by atoms with E-state index in [2.05, 4.69) is 12.2 Å². The number of hydrogen-bond acceptors (Lipinski definition) is 3. The number of aryl methyl sites for hydroxylation is 1. The molecule has 0 fully saturated rings. The van der Waals surface area contributed by atoms with Crippen LogP contribution in [0.1, 0.15) is 18.1 Å². The molecule has 0 heterocycles. The molecule has 20 heavy (non-hydrogen) atoms. The number of benzene rings is 2. The van der Waals surface area contributed by atoms with Gasteiger partial charge in [-0.15, -0.1) is 0 Å². The molecular formula is C15H15ClN2O2. The highest BCUT2D eigenvalue weighted by Crippen LogP contribution is 2.25. The molecule has 104 valence electrons. The standard InChI is InChI=1S/C15H15ClN2O2/c1-2-11-5-3-4-6-14(11)17-10-12-7-8-13(16)9-15(12)18(19)20/h3-9,17H,2,10H2,1H3. The summed E-state index contributed by atoms with van der Waals surface area (Å²) in [4.78, 5) is 10.6. The molecule has 0 unspecified atom stereocenters. The molecule has 0 aliphatic rings. The fraction of sp³-hybridized carbons (Fsp3) is 0.200. The summed E-state index contributed by atoms with van der Waals surface area (Å²) < 4.78 is 0. The molecule has 0 aromatic heterocycles. The summed E-state index contributed by atoms with van der Waals surface area (Å²) in [6.45, 7) is 2.47. The molecular weight excluding hydrogens is 276 g/mol. The van der Waals surface area contributed by atoms with Crippen LogP contribution in [-0.2, 0) is 13.0 Å². The van der Waals surface area contributed by atoms with Gasteiger partial charge in [0.2, 0.25) is 0 Å². The highest BCUT2D eigenvalue weighted by molar-refractivity contribution is 6.30. The van der Waals surface area contributed by atoms with E-state index in [-0.39, 0.29) is 5.69 Å². The van der Waals surface area contributed by atoms with Crippen LogP contribution in [0.2, 0.25) is 5.02 Å². The van der Waals surface area contributed by atoms with Crippen LogP contribution in [-0.4, -0.2) is 4.92 Å². The molecule has 0 atom stereocenters. The zero-order valence-electron chi connectivity index (χ0n) is 11.1. The molecule has 0 bridgehead atoms. The van der Waals surface area contributed by atoms with Gasteiger partial charge in [-0.25, -0.2) is 0 Å². The Hall–Kier alpha value is -2.07. The number of anilines is 1. The number of nitro benzene ring substituents is 1. The molecule has 4 nitrogen and oxygen atoms in total. The Labute approximate surface area is 122 Å². The first kappa shape index (κ1) is 14.3. The normalized spacial score (nSPS) is 10.3. The third-order valence-corrected chi connectivity index (χ3v) is 3.35. The van der Waals surface area contributed by atoms with Gasteiger partial charge in [-0.2, -0.15) is 0 Å². The minimum atomic E-state index is -0.408. The van der Waals surface area contributed by atoms with Gasteiger partial charge >= 0.3 is 0 Å². The quantitative estimate of drug-likeness (QED) is 0.655. The molecule has 1 N–H and O–H groups in total. The Kier molecular flexibility index (Phi) is 4.58. The number of nitrogens with zero attached hydrogens (tertiary/aromatic N) is 1. The summed E-state index contributed by atoms with van der Waals surface area (Å²) in [6.07, 6.45) is 0.909. The van der Waals surface area contributed by atoms with E-state index in [0.29, 0.717) is 17.1 Å². The molecule has 0 saturated heterocycles. The lowest BCUT2D eigenvalue weighted by Crippen LogP contribution is -2.04. The van der Waals surface area contributed by atoms with E-state index in [1.54, 1.807) is 12.1 Å². The minimum absolute atomic E-state index is 0.0407. The van der Waals surface area contributed by atoms with Crippen molar-refractivity contribution >= 4 is 23.0 Å². The van der Waals surface area contributed by atoms with Crippen molar-refractivity contribution in [1.29, 1.82) is 0 Å². The average Bonchev–Trinajstić information content (AvgIpc) is 2.46. The smallest absolute Gasteiger partial charge is 0.275 e. The van der Waals surface area contributed by atoms with Crippen molar-refractivity contribution in [3.05, 3.63) is 68.7 Å². The highest BCUT2D eigenvalue weighted by Gasteiger charge is 2.14. The van der Waals surface area contributed by atoms with Gasteiger partial charge in [0, 0.05) is 28.9 Å². The van der Waals surface area contributed by atoms with E-state index >= 15 is 0 Å². The number of nitrogens with one attached hydrogen (secondary N) is 1. The van der Waals surface area contributed by atoms with Crippen molar-refractivity contribution in [2.24, 2.45) is 0 Å². The lowest BCUT2D eigenvalue weighted by molar-refractivity contribution is -0.385. The average molecular weight is 291 g/mol. The van der Waals surface area contributed by atoms with E-state index < -0.39 is 4.92 Å². The highest BCUT2D eigenvalue weighted by atomic mass is 35.5. The molecule has 2 aromatic carbocycles. The summed E-state index contributed by atoms with van der Waals surface area (Å²) in [5.41, 5.74) is 2.84. The third-order valence-electron chi connectivity index (χ3n) is 3.11. The van der Waals surface area contributed by atoms with E-state index in [1.165, 1.54) is 11.6 Å². The van der Waals surface area contributed by atoms with Gasteiger partial charge in [0.25, 0.3) is 5.69 Å². The molecule has 2 aromatic rings. The first-order valence-electron chi connectivity index (χ1n) is 6.36. The van der Waals surface area contributed by atoms with Gasteiger partial charge in [0.05, 0.1) is 4.92 Å². The predicted molar refractivity (Wildman–Crippen MR) is 81.3 cm³/mol. The summed E-state index contributed by atoms with van der Waals surface area (Å²) in [6, 6.07) is 12.7. The lowest BCUT2D eigenvalue weighted by Gasteiger charge is -2.11. The van der Waals surface area contributed by atoms with Gasteiger partial charge in [0.15, 0.2) is 0 Å². The molecule has 0 aliphatic carbocycles. The Morgan fingerprint density at radius 2 is 1.95 bits per heavy atom. The Bertz CT molecular complexity index is 629. The molecule has 0 amide bonds. The first-order valence-corrected chi connectivity index (χ1v) is 6.74. The minimum Gasteiger partial charge on any atom is -0.380 e. The summed E-state index contributed by atoms with van der Waals surface area (Å²) in [7, 11) is 0. The Balaban J connectivity index is 2.21. The fourth-order valence-corrected chi connectivity index (χ4v) is 2.21. The van der Waals surface area contributed by atoms with Gasteiger partial charge in [-0.05, 0) is 30.2 Å². The van der Waals surface area contributed by atoms with E-state index in [4.69, 9.17) is 11.6 Å². The summed E-state index contributed by atoms with van der Waals surface area (Å²) in [5, 5.41) is 14.6. The van der Waals surface area contributed by atoms with E-state index in [0.717, 1.165) is 12.1 Å². The number of halogens is 1. The van der Waals surface area contributed by atoms with Crippen molar-refractivity contribution in [3.8, 4) is 0 Å². The maximum Gasteiger partial charge on any atom is 0.275 e. The second kappa shape index (κ2) is 6.39. The molecule has 5 heteroatoms. The van der Waals surface area contributed by atoms with Crippen molar-refractivity contribution in [3.63, 3.8) is 0 Å². The lowest BCUT2D eigenvalue weighted by atomic mass is 10.1. The number of nitro groups is 1. The number of hydrogen-bond donors (Lipinski definition) is 1. The third kappa shape index (κ3) is 3.27. The topological polar surface area (TPSA) is 55.2 Å². The zero-order chi connectivity index (χ0) is 14.5. The first-order chi connectivity index (χ1) is 9.61. The second-order valence-electron chi connectivity index (χ2n) is 4.39. The fourth-order valence-electron chi connectivity index (χ4n) is 2.05. The second-order valence-corrected chi connectivity index (χ2v) is 4.83. The Morgan fingerprint density at radius 3 is 2.65 bits per heavy atom. The van der Waals surface area contributed by atoms with Crippen molar-refractivity contribution in [1.82, 2.24) is 0 Å². The van der Waals surface area contributed by atoms with Crippen LogP contribution >= 0.6 is 11.6 Å². The predicted octanol–water partition coefficient (Wildman–Crippen LogP) is 4.42. The van der Waals surface area contributed by atoms with Crippen LogP contribution in [0.4, 0.5) is 11.4 Å². The zero-order valence-corrected chi connectivity index (χ0v) is 11.9. The van der Waals surface area contributed by atoms with Crippen LogP contribution in [0.3, 0.4) is 0 Å². The van der Waals surface area contributed by atoms with E-state index in [9.17, 15) is 10.1 Å². The number of para-hydroxylation sites is 1. The van der Waals surface area contributed by atoms with Crippen LogP contribution in [0.25, 0.3) is 0 Å². The van der Waals surface area contributed by atoms with Crippen molar-refractivity contribution in [2.45, 2.75) is 19.9 Å². The molecule has 0 spiro atoms. The van der Waals surface area contributed by atoms with Crippen molar-refractivity contribution in [2.75, 3.05) is 5.32 Å². The van der Waals surface area contributed by atoms with Crippen LogP contribution in [0, 0.1) is 10.1 Å². The molecule has 0 aliphatic heterocycles. The van der Waals surface area contributed by atoms with Crippen molar-refractivity contribution < 1.29 is 4.92 Å².